The zero-order valence-corrected chi connectivity index (χ0v) is 18.5. The van der Waals surface area contributed by atoms with Crippen LogP contribution in [0.4, 0.5) is 13.2 Å². The molecule has 33 heavy (non-hydrogen) atoms. The number of benzene rings is 2. The van der Waals surface area contributed by atoms with Gasteiger partial charge in [0, 0.05) is 12.0 Å². The molecule has 1 aromatic heterocycles. The van der Waals surface area contributed by atoms with E-state index in [0.29, 0.717) is 29.2 Å². The van der Waals surface area contributed by atoms with Crippen molar-refractivity contribution >= 4 is 5.97 Å². The van der Waals surface area contributed by atoms with Gasteiger partial charge in [0.1, 0.15) is 17.3 Å². The number of aliphatic carboxylic acids is 1. The molecule has 3 rings (SSSR count). The maximum Gasteiger partial charge on any atom is 0.416 e. The van der Waals surface area contributed by atoms with E-state index in [1.807, 2.05) is 6.07 Å². The number of carboxylic acid groups (broad SMARTS) is 1. The molecule has 2 aromatic carbocycles. The molecule has 1 heterocycles. The van der Waals surface area contributed by atoms with Crippen molar-refractivity contribution in [3.63, 3.8) is 0 Å². The second-order valence-corrected chi connectivity index (χ2v) is 7.90. The van der Waals surface area contributed by atoms with Crippen LogP contribution in [0.15, 0.2) is 59.0 Å². The molecule has 0 amide bonds. The molecule has 3 aromatic rings. The number of hydrogen-bond acceptors (Lipinski definition) is 3. The zero-order chi connectivity index (χ0) is 23.8. The quantitative estimate of drug-likeness (QED) is 0.315. The first kappa shape index (κ1) is 24.4. The molecule has 0 aliphatic rings. The highest BCUT2D eigenvalue weighted by atomic mass is 19.4. The Morgan fingerprint density at radius 1 is 1.00 bits per heavy atom. The summed E-state index contributed by atoms with van der Waals surface area (Å²) < 4.78 is 50.3. The fourth-order valence-corrected chi connectivity index (χ4v) is 3.52. The molecular weight excluding hydrogens is 433 g/mol. The monoisotopic (exact) mass is 460 g/mol. The SMILES string of the molecule is CCCCc1oc(-c2ccc(C(F)(F)F)cc2)cc1CCCOc1ccc(CC(=O)O)cc1. The fourth-order valence-electron chi connectivity index (χ4n) is 3.52. The maximum atomic E-state index is 12.8. The highest BCUT2D eigenvalue weighted by molar-refractivity contribution is 5.70. The van der Waals surface area contributed by atoms with Gasteiger partial charge >= 0.3 is 12.1 Å². The lowest BCUT2D eigenvalue weighted by Gasteiger charge is -2.07. The first-order valence-electron chi connectivity index (χ1n) is 11.0. The first-order valence-corrected chi connectivity index (χ1v) is 11.0. The van der Waals surface area contributed by atoms with Crippen molar-refractivity contribution in [2.75, 3.05) is 6.61 Å². The lowest BCUT2D eigenvalue weighted by molar-refractivity contribution is -0.138. The molecule has 7 heteroatoms. The van der Waals surface area contributed by atoms with Crippen molar-refractivity contribution in [3.8, 4) is 17.1 Å². The summed E-state index contributed by atoms with van der Waals surface area (Å²) in [5.41, 5.74) is 1.69. The van der Waals surface area contributed by atoms with Crippen molar-refractivity contribution < 1.29 is 32.2 Å². The molecule has 0 saturated heterocycles. The number of hydrogen-bond donors (Lipinski definition) is 1. The molecule has 1 N–H and O–H groups in total. The minimum Gasteiger partial charge on any atom is -0.494 e. The van der Waals surface area contributed by atoms with E-state index in [2.05, 4.69) is 6.92 Å². The van der Waals surface area contributed by atoms with E-state index < -0.39 is 17.7 Å². The summed E-state index contributed by atoms with van der Waals surface area (Å²) in [6.07, 6.45) is -0.179. The lowest BCUT2D eigenvalue weighted by atomic mass is 10.1. The second-order valence-electron chi connectivity index (χ2n) is 7.90. The Hall–Kier alpha value is -3.22. The Morgan fingerprint density at radius 2 is 1.70 bits per heavy atom. The van der Waals surface area contributed by atoms with Gasteiger partial charge in [-0.2, -0.15) is 13.2 Å². The Labute approximate surface area is 191 Å². The van der Waals surface area contributed by atoms with Gasteiger partial charge in [-0.3, -0.25) is 4.79 Å². The average Bonchev–Trinajstić information content (AvgIpc) is 3.18. The summed E-state index contributed by atoms with van der Waals surface area (Å²) in [6.45, 7) is 2.57. The van der Waals surface area contributed by atoms with Crippen molar-refractivity contribution in [1.82, 2.24) is 0 Å². The Balaban J connectivity index is 1.62. The summed E-state index contributed by atoms with van der Waals surface area (Å²) in [4.78, 5) is 10.8. The highest BCUT2D eigenvalue weighted by Crippen LogP contribution is 2.33. The van der Waals surface area contributed by atoms with Crippen LogP contribution in [0.2, 0.25) is 0 Å². The number of aryl methyl sites for hydroxylation is 2. The third-order valence-electron chi connectivity index (χ3n) is 5.29. The molecule has 176 valence electrons. The normalized spacial score (nSPS) is 11.5. The zero-order valence-electron chi connectivity index (χ0n) is 18.5. The minimum absolute atomic E-state index is 0.0252. The highest BCUT2D eigenvalue weighted by Gasteiger charge is 2.30. The van der Waals surface area contributed by atoms with Crippen molar-refractivity contribution in [2.45, 2.75) is 51.6 Å². The maximum absolute atomic E-state index is 12.8. The summed E-state index contributed by atoms with van der Waals surface area (Å²) in [6, 6.07) is 13.9. The van der Waals surface area contributed by atoms with Gasteiger partial charge in [-0.25, -0.2) is 0 Å². The van der Waals surface area contributed by atoms with Gasteiger partial charge in [-0.1, -0.05) is 37.6 Å². The van der Waals surface area contributed by atoms with E-state index >= 15 is 0 Å². The van der Waals surface area contributed by atoms with E-state index in [4.69, 9.17) is 14.3 Å². The number of furan rings is 1. The topological polar surface area (TPSA) is 59.7 Å². The van der Waals surface area contributed by atoms with Crippen LogP contribution in [0.3, 0.4) is 0 Å². The van der Waals surface area contributed by atoms with Crippen molar-refractivity contribution in [1.29, 1.82) is 0 Å². The summed E-state index contributed by atoms with van der Waals surface area (Å²) in [7, 11) is 0. The van der Waals surface area contributed by atoms with Crippen molar-refractivity contribution in [2.24, 2.45) is 0 Å². The van der Waals surface area contributed by atoms with E-state index in [9.17, 15) is 18.0 Å². The number of ether oxygens (including phenoxy) is 1. The van der Waals surface area contributed by atoms with E-state index in [-0.39, 0.29) is 6.42 Å². The molecule has 0 bridgehead atoms. The molecule has 0 fully saturated rings. The van der Waals surface area contributed by atoms with Gasteiger partial charge < -0.3 is 14.3 Å². The van der Waals surface area contributed by atoms with E-state index in [1.165, 1.54) is 12.1 Å². The Bertz CT molecular complexity index is 1030. The van der Waals surface area contributed by atoms with Crippen LogP contribution in [0.25, 0.3) is 11.3 Å². The van der Waals surface area contributed by atoms with Crippen LogP contribution in [-0.4, -0.2) is 17.7 Å². The second kappa shape index (κ2) is 11.1. The largest absolute Gasteiger partial charge is 0.494 e. The van der Waals surface area contributed by atoms with Gasteiger partial charge in [0.2, 0.25) is 0 Å². The number of alkyl halides is 3. The Morgan fingerprint density at radius 3 is 2.30 bits per heavy atom. The number of unbranched alkanes of at least 4 members (excludes halogenated alkanes) is 1. The number of rotatable bonds is 11. The number of carbonyl (C=O) groups is 1. The molecule has 0 saturated carbocycles. The van der Waals surface area contributed by atoms with Gasteiger partial charge in [-0.15, -0.1) is 0 Å². The Kier molecular flexibility index (Phi) is 8.20. The van der Waals surface area contributed by atoms with E-state index in [1.54, 1.807) is 24.3 Å². The number of halogens is 3. The van der Waals surface area contributed by atoms with Crippen LogP contribution in [-0.2, 0) is 30.2 Å². The summed E-state index contributed by atoms with van der Waals surface area (Å²) >= 11 is 0. The molecule has 4 nitrogen and oxygen atoms in total. The van der Waals surface area contributed by atoms with Crippen LogP contribution in [0, 0.1) is 0 Å². The predicted molar refractivity (Wildman–Crippen MR) is 119 cm³/mol. The molecule has 0 radical (unpaired) electrons. The van der Waals surface area contributed by atoms with E-state index in [0.717, 1.165) is 55.6 Å². The molecule has 0 unspecified atom stereocenters. The van der Waals surface area contributed by atoms with Crippen LogP contribution < -0.4 is 4.74 Å². The van der Waals surface area contributed by atoms with Crippen molar-refractivity contribution in [3.05, 3.63) is 77.0 Å². The smallest absolute Gasteiger partial charge is 0.416 e. The van der Waals surface area contributed by atoms with Crippen LogP contribution in [0.1, 0.15) is 48.6 Å². The van der Waals surface area contributed by atoms with Crippen LogP contribution >= 0.6 is 0 Å². The van der Waals surface area contributed by atoms with Crippen LogP contribution in [0.5, 0.6) is 5.75 Å². The standard InChI is InChI=1S/C26H27F3O4/c1-2-3-6-23-20(5-4-15-32-22-13-7-18(8-14-22)16-25(30)31)17-24(33-23)19-9-11-21(12-10-19)26(27,28)29/h7-14,17H,2-6,15-16H2,1H3,(H,30,31). The lowest BCUT2D eigenvalue weighted by Crippen LogP contribution is -2.03. The molecule has 0 aliphatic carbocycles. The minimum atomic E-state index is -4.37. The fraction of sp³-hybridized carbons (Fsp3) is 0.346. The van der Waals surface area contributed by atoms with Gasteiger partial charge in [-0.05, 0) is 60.7 Å². The molecular formula is C26H27F3O4. The van der Waals surface area contributed by atoms with Gasteiger partial charge in [0.25, 0.3) is 0 Å². The predicted octanol–water partition coefficient (Wildman–Crippen LogP) is 6.95. The molecule has 0 aliphatic heterocycles. The third kappa shape index (κ3) is 7.14. The van der Waals surface area contributed by atoms with Gasteiger partial charge in [0.15, 0.2) is 0 Å². The average molecular weight is 460 g/mol. The molecule has 0 spiro atoms. The van der Waals surface area contributed by atoms with Gasteiger partial charge in [0.05, 0.1) is 18.6 Å². The summed E-state index contributed by atoms with van der Waals surface area (Å²) in [5, 5.41) is 8.83. The third-order valence-corrected chi connectivity index (χ3v) is 5.29. The summed E-state index contributed by atoms with van der Waals surface area (Å²) in [5.74, 6) is 1.23. The molecule has 0 atom stereocenters. The first-order chi connectivity index (χ1) is 15.8. The number of carboxylic acids is 1.